The molecule has 0 spiro atoms. The minimum Gasteiger partial charge on any atom is -0.508 e. The van der Waals surface area contributed by atoms with Gasteiger partial charge in [-0.15, -0.1) is 0 Å². The molecule has 12 heteroatoms. The van der Waals surface area contributed by atoms with E-state index in [1.807, 2.05) is 0 Å². The Hall–Kier alpha value is -3.48. The van der Waals surface area contributed by atoms with E-state index in [-0.39, 0.29) is 47.7 Å². The minimum atomic E-state index is -2.67. The van der Waals surface area contributed by atoms with Gasteiger partial charge in [0, 0.05) is 56.3 Å². The van der Waals surface area contributed by atoms with Gasteiger partial charge in [0.25, 0.3) is 0 Å². The highest BCUT2D eigenvalue weighted by Crippen LogP contribution is 2.51. The summed E-state index contributed by atoms with van der Waals surface area (Å²) in [4.78, 5) is 53.5. The third-order valence-electron chi connectivity index (χ3n) is 7.57. The molecule has 0 saturated carbocycles. The van der Waals surface area contributed by atoms with Crippen molar-refractivity contribution in [2.24, 2.45) is 17.6 Å². The summed E-state index contributed by atoms with van der Waals surface area (Å²) in [5.41, 5.74) is 3.63. The number of nitrogens with one attached hydrogen (secondary N) is 1. The summed E-state index contributed by atoms with van der Waals surface area (Å²) in [6.45, 7) is 0.789. The van der Waals surface area contributed by atoms with Crippen molar-refractivity contribution in [2.45, 2.75) is 44.4 Å². The fraction of sp³-hybridized carbons (Fsp3) is 0.538. The molecule has 0 radical (unpaired) electrons. The first-order valence-corrected chi connectivity index (χ1v) is 12.3. The van der Waals surface area contributed by atoms with Gasteiger partial charge in [0.15, 0.2) is 17.2 Å². The van der Waals surface area contributed by atoms with E-state index in [1.165, 1.54) is 6.92 Å². The molecule has 2 aliphatic carbocycles. The second-order valence-corrected chi connectivity index (χ2v) is 10.4. The first kappa shape index (κ1) is 29.1. The smallest absolute Gasteiger partial charge is 0.225 e. The number of rotatable bonds is 9. The van der Waals surface area contributed by atoms with Gasteiger partial charge in [-0.05, 0) is 44.5 Å². The topological polar surface area (TPSA) is 194 Å². The van der Waals surface area contributed by atoms with Crippen molar-refractivity contribution in [1.82, 2.24) is 10.2 Å². The van der Waals surface area contributed by atoms with Crippen molar-refractivity contribution in [3.05, 3.63) is 34.1 Å². The van der Waals surface area contributed by atoms with Crippen molar-refractivity contribution in [1.29, 1.82) is 0 Å². The van der Waals surface area contributed by atoms with Gasteiger partial charge in [0.1, 0.15) is 11.5 Å². The van der Waals surface area contributed by atoms with E-state index in [0.717, 1.165) is 0 Å². The zero-order chi connectivity index (χ0) is 28.7. The summed E-state index contributed by atoms with van der Waals surface area (Å²) in [7, 11) is 6.80. The number of aliphatic hydroxyl groups excluding tert-OH is 2. The van der Waals surface area contributed by atoms with Crippen molar-refractivity contribution < 1.29 is 39.6 Å². The summed E-state index contributed by atoms with van der Waals surface area (Å²) >= 11 is 0. The van der Waals surface area contributed by atoms with Crippen LogP contribution in [0.25, 0.3) is 0 Å². The number of hydrogen-bond donors (Lipinski definition) is 6. The molecule has 1 aromatic carbocycles. The number of hydrogen-bond acceptors (Lipinski definition) is 10. The largest absolute Gasteiger partial charge is 0.508 e. The van der Waals surface area contributed by atoms with Crippen LogP contribution in [0, 0.1) is 11.8 Å². The lowest BCUT2D eigenvalue weighted by Gasteiger charge is -2.47. The average Bonchev–Trinajstić information content (AvgIpc) is 2.80. The first-order valence-electron chi connectivity index (χ1n) is 12.3. The number of allylic oxidation sites excluding steroid dienone is 1. The SMILES string of the molecule is CC(=O)NCc1cc(N(C)C)c2c(c1O)C(=O)C1=C(O)[C@](O)(C(=O)CC(N)=O)[C@H](C(CO)N(C)C)C[C@@H]1C2. The Morgan fingerprint density at radius 1 is 1.21 bits per heavy atom. The molecule has 3 rings (SSSR count). The number of aliphatic hydroxyl groups is 3. The van der Waals surface area contributed by atoms with Crippen LogP contribution in [0.5, 0.6) is 5.75 Å². The molecule has 7 N–H and O–H groups in total. The van der Waals surface area contributed by atoms with Crippen LogP contribution in [0.2, 0.25) is 0 Å². The molecule has 4 atom stereocenters. The quantitative estimate of drug-likeness (QED) is 0.223. The van der Waals surface area contributed by atoms with Gasteiger partial charge in [-0.2, -0.15) is 0 Å². The van der Waals surface area contributed by atoms with E-state index in [4.69, 9.17) is 5.73 Å². The monoisotopic (exact) mass is 532 g/mol. The average molecular weight is 533 g/mol. The number of nitrogens with two attached hydrogens (primary N) is 1. The number of phenolic OH excluding ortho intramolecular Hbond substituents is 1. The van der Waals surface area contributed by atoms with Crippen LogP contribution in [0.3, 0.4) is 0 Å². The Morgan fingerprint density at radius 3 is 2.34 bits per heavy atom. The number of nitrogens with zero attached hydrogens (tertiary/aromatic N) is 2. The van der Waals surface area contributed by atoms with Gasteiger partial charge in [-0.3, -0.25) is 19.2 Å². The van der Waals surface area contributed by atoms with Crippen molar-refractivity contribution in [3.63, 3.8) is 0 Å². The third-order valence-corrected chi connectivity index (χ3v) is 7.57. The summed E-state index contributed by atoms with van der Waals surface area (Å²) in [5, 5.41) is 46.9. The predicted molar refractivity (Wildman–Crippen MR) is 138 cm³/mol. The number of anilines is 1. The fourth-order valence-corrected chi connectivity index (χ4v) is 5.70. The molecule has 208 valence electrons. The number of phenols is 1. The van der Waals surface area contributed by atoms with Crippen molar-refractivity contribution in [3.8, 4) is 5.75 Å². The molecular weight excluding hydrogens is 496 g/mol. The number of carbonyl (C=O) groups excluding carboxylic acids is 4. The molecule has 0 bridgehead atoms. The second kappa shape index (κ2) is 10.7. The zero-order valence-corrected chi connectivity index (χ0v) is 22.2. The zero-order valence-electron chi connectivity index (χ0n) is 22.2. The van der Waals surface area contributed by atoms with Gasteiger partial charge in [-0.25, -0.2) is 0 Å². The lowest BCUT2D eigenvalue weighted by molar-refractivity contribution is -0.151. The van der Waals surface area contributed by atoms with Crippen LogP contribution in [0.15, 0.2) is 17.4 Å². The van der Waals surface area contributed by atoms with Crippen LogP contribution in [0.4, 0.5) is 5.69 Å². The number of benzene rings is 1. The maximum Gasteiger partial charge on any atom is 0.225 e. The Kier molecular flexibility index (Phi) is 8.20. The van der Waals surface area contributed by atoms with E-state index in [9.17, 15) is 39.6 Å². The normalized spacial score (nSPS) is 23.5. The number of carbonyl (C=O) groups is 4. The van der Waals surface area contributed by atoms with Gasteiger partial charge in [0.05, 0.1) is 18.6 Å². The summed E-state index contributed by atoms with van der Waals surface area (Å²) < 4.78 is 0. The first-order chi connectivity index (χ1) is 17.7. The molecule has 1 aromatic rings. The van der Waals surface area contributed by atoms with E-state index in [0.29, 0.717) is 11.3 Å². The molecular formula is C26H36N4O8. The molecule has 0 aliphatic heterocycles. The fourth-order valence-electron chi connectivity index (χ4n) is 5.70. The molecule has 12 nitrogen and oxygen atoms in total. The number of Topliss-reactive ketones (excluding diaryl/α,β-unsaturated/α-hetero) is 2. The lowest BCUT2D eigenvalue weighted by atomic mass is 9.61. The molecule has 2 amide bonds. The standard InChI is InChI=1S/C26H36N4O8/c1-12(32)28-10-14-8-17(29(2)3)15-6-13-7-16(18(11-31)30(4)5)26(38,19(33)9-20(27)34)25(37)21(13)24(36)22(15)23(14)35/h8,13,16,18,31,35,37-38H,6-7,9-11H2,1-5H3,(H2,27,34)(H,28,32)/t13-,16-,18?,26+/m0/s1. The van der Waals surface area contributed by atoms with E-state index < -0.39 is 59.7 Å². The highest BCUT2D eigenvalue weighted by atomic mass is 16.3. The number of aromatic hydroxyl groups is 1. The Labute approximate surface area is 220 Å². The molecule has 1 unspecified atom stereocenters. The maximum atomic E-state index is 13.9. The molecule has 38 heavy (non-hydrogen) atoms. The number of ketones is 2. The van der Waals surface area contributed by atoms with Gasteiger partial charge < -0.3 is 41.3 Å². The highest BCUT2D eigenvalue weighted by molar-refractivity contribution is 6.15. The number of likely N-dealkylation sites (N-methyl/N-ethyl adjacent to an activating group) is 1. The molecule has 0 fully saturated rings. The Balaban J connectivity index is 2.28. The molecule has 2 aliphatic rings. The van der Waals surface area contributed by atoms with E-state index in [2.05, 4.69) is 5.32 Å². The summed E-state index contributed by atoms with van der Waals surface area (Å²) in [6.07, 6.45) is -0.678. The van der Waals surface area contributed by atoms with Crippen LogP contribution in [0.1, 0.15) is 41.3 Å². The predicted octanol–water partition coefficient (Wildman–Crippen LogP) is -0.621. The van der Waals surface area contributed by atoms with E-state index >= 15 is 0 Å². The number of amides is 2. The highest BCUT2D eigenvalue weighted by Gasteiger charge is 2.58. The van der Waals surface area contributed by atoms with Crippen LogP contribution < -0.4 is 16.0 Å². The molecule has 0 heterocycles. The van der Waals surface area contributed by atoms with E-state index in [1.54, 1.807) is 44.1 Å². The van der Waals surface area contributed by atoms with Crippen LogP contribution in [-0.2, 0) is 27.3 Å². The van der Waals surface area contributed by atoms with Crippen LogP contribution in [-0.4, -0.2) is 95.1 Å². The van der Waals surface area contributed by atoms with Gasteiger partial charge in [0.2, 0.25) is 11.8 Å². The summed E-state index contributed by atoms with van der Waals surface area (Å²) in [5.74, 6) is -6.23. The minimum absolute atomic E-state index is 0.0241. The summed E-state index contributed by atoms with van der Waals surface area (Å²) in [6, 6.07) is 0.869. The Morgan fingerprint density at radius 2 is 1.84 bits per heavy atom. The van der Waals surface area contributed by atoms with Gasteiger partial charge >= 0.3 is 0 Å². The number of primary amides is 1. The molecule has 0 aromatic heterocycles. The van der Waals surface area contributed by atoms with Crippen molar-refractivity contribution >= 4 is 29.1 Å². The lowest BCUT2D eigenvalue weighted by Crippen LogP contribution is -2.60. The second-order valence-electron chi connectivity index (χ2n) is 10.4. The van der Waals surface area contributed by atoms with Gasteiger partial charge in [-0.1, -0.05) is 0 Å². The third kappa shape index (κ3) is 4.86. The van der Waals surface area contributed by atoms with Crippen molar-refractivity contribution in [2.75, 3.05) is 39.7 Å². The molecule has 0 saturated heterocycles. The maximum absolute atomic E-state index is 13.9. The Bertz CT molecular complexity index is 1210. The van der Waals surface area contributed by atoms with Crippen LogP contribution >= 0.6 is 0 Å². The number of fused-ring (bicyclic) bond motifs is 2.